The van der Waals surface area contributed by atoms with Crippen LogP contribution in [0.4, 0.5) is 8.78 Å². The molecule has 0 amide bonds. The first-order valence-corrected chi connectivity index (χ1v) is 12.3. The summed E-state index contributed by atoms with van der Waals surface area (Å²) in [6.07, 6.45) is 4.57. The van der Waals surface area contributed by atoms with Crippen LogP contribution < -0.4 is 4.74 Å². The standard InChI is InChI=1S/C30H34F2O3/c1-21-12-13-24(19-22(21)2)20-25(27-9-5-10-28(31)30(27)32)8-6-18-35-26-16-14-23(15-17-26)7-3-4-11-29(33)34/h5,9-10,12-17,19,25H,3-4,6-8,11,18,20H2,1-2H3,(H,33,34). The lowest BCUT2D eigenvalue weighted by Crippen LogP contribution is -2.09. The Hall–Kier alpha value is -3.21. The summed E-state index contributed by atoms with van der Waals surface area (Å²) in [5.41, 5.74) is 5.08. The van der Waals surface area contributed by atoms with Crippen molar-refractivity contribution in [3.05, 3.63) is 100 Å². The Balaban J connectivity index is 1.56. The van der Waals surface area contributed by atoms with Gasteiger partial charge < -0.3 is 9.84 Å². The summed E-state index contributed by atoms with van der Waals surface area (Å²) in [4.78, 5) is 10.6. The van der Waals surface area contributed by atoms with E-state index in [0.29, 0.717) is 37.9 Å². The summed E-state index contributed by atoms with van der Waals surface area (Å²) in [6.45, 7) is 4.61. The molecular formula is C30H34F2O3. The molecule has 0 heterocycles. The lowest BCUT2D eigenvalue weighted by molar-refractivity contribution is -0.137. The van der Waals surface area contributed by atoms with Crippen molar-refractivity contribution in [3.8, 4) is 5.75 Å². The number of rotatable bonds is 13. The van der Waals surface area contributed by atoms with Gasteiger partial charge in [-0.25, -0.2) is 8.78 Å². The van der Waals surface area contributed by atoms with Crippen LogP contribution in [-0.4, -0.2) is 17.7 Å². The van der Waals surface area contributed by atoms with Gasteiger partial charge in [0.05, 0.1) is 6.61 Å². The second kappa shape index (κ2) is 13.0. The minimum absolute atomic E-state index is 0.149. The molecule has 1 atom stereocenters. The molecule has 0 fully saturated rings. The topological polar surface area (TPSA) is 46.5 Å². The summed E-state index contributed by atoms with van der Waals surface area (Å²) in [6, 6.07) is 18.5. The maximum absolute atomic E-state index is 14.6. The first-order valence-electron chi connectivity index (χ1n) is 12.3. The molecule has 0 aromatic heterocycles. The number of ether oxygens (including phenoxy) is 1. The first-order chi connectivity index (χ1) is 16.8. The largest absolute Gasteiger partial charge is 0.494 e. The zero-order valence-electron chi connectivity index (χ0n) is 20.5. The van der Waals surface area contributed by atoms with E-state index in [-0.39, 0.29) is 12.3 Å². The van der Waals surface area contributed by atoms with Gasteiger partial charge in [0.2, 0.25) is 0 Å². The highest BCUT2D eigenvalue weighted by Crippen LogP contribution is 2.30. The molecule has 5 heteroatoms. The third-order valence-electron chi connectivity index (χ3n) is 6.47. The zero-order chi connectivity index (χ0) is 25.2. The van der Waals surface area contributed by atoms with Crippen LogP contribution in [0.1, 0.15) is 65.8 Å². The number of hydrogen-bond donors (Lipinski definition) is 1. The van der Waals surface area contributed by atoms with E-state index >= 15 is 0 Å². The molecule has 0 saturated carbocycles. The van der Waals surface area contributed by atoms with Crippen LogP contribution >= 0.6 is 0 Å². The van der Waals surface area contributed by atoms with Crippen LogP contribution in [0.25, 0.3) is 0 Å². The van der Waals surface area contributed by atoms with E-state index in [1.165, 1.54) is 11.1 Å². The fourth-order valence-electron chi connectivity index (χ4n) is 4.30. The highest BCUT2D eigenvalue weighted by molar-refractivity contribution is 5.66. The van der Waals surface area contributed by atoms with E-state index in [1.54, 1.807) is 12.1 Å². The van der Waals surface area contributed by atoms with Gasteiger partial charge in [-0.3, -0.25) is 4.79 Å². The number of aliphatic carboxylic acids is 1. The zero-order valence-corrected chi connectivity index (χ0v) is 20.5. The number of carboxylic acids is 1. The third kappa shape index (κ3) is 8.20. The average Bonchev–Trinajstić information content (AvgIpc) is 2.83. The van der Waals surface area contributed by atoms with E-state index in [1.807, 2.05) is 24.3 Å². The Bertz CT molecular complexity index is 1110. The first kappa shape index (κ1) is 26.4. The van der Waals surface area contributed by atoms with Crippen LogP contribution in [-0.2, 0) is 17.6 Å². The average molecular weight is 481 g/mol. The summed E-state index contributed by atoms with van der Waals surface area (Å²) in [7, 11) is 0. The Morgan fingerprint density at radius 2 is 1.66 bits per heavy atom. The number of unbranched alkanes of at least 4 members (excludes halogenated alkanes) is 1. The molecule has 0 aliphatic carbocycles. The molecule has 0 saturated heterocycles. The van der Waals surface area contributed by atoms with Gasteiger partial charge in [-0.15, -0.1) is 0 Å². The second-order valence-corrected chi connectivity index (χ2v) is 9.20. The van der Waals surface area contributed by atoms with E-state index in [9.17, 15) is 13.6 Å². The molecule has 3 aromatic carbocycles. The minimum atomic E-state index is -0.813. The van der Waals surface area contributed by atoms with Gasteiger partial charge in [-0.1, -0.05) is 42.5 Å². The maximum atomic E-state index is 14.6. The molecule has 3 nitrogen and oxygen atoms in total. The molecule has 3 rings (SSSR count). The number of aryl methyl sites for hydroxylation is 3. The second-order valence-electron chi connectivity index (χ2n) is 9.20. The van der Waals surface area contributed by atoms with Gasteiger partial charge in [0.1, 0.15) is 5.75 Å². The van der Waals surface area contributed by atoms with Crippen LogP contribution in [0.2, 0.25) is 0 Å². The van der Waals surface area contributed by atoms with Crippen molar-refractivity contribution < 1.29 is 23.4 Å². The van der Waals surface area contributed by atoms with E-state index in [2.05, 4.69) is 32.0 Å². The third-order valence-corrected chi connectivity index (χ3v) is 6.47. The van der Waals surface area contributed by atoms with Crippen molar-refractivity contribution in [1.82, 2.24) is 0 Å². The molecule has 3 aromatic rings. The molecule has 1 unspecified atom stereocenters. The Morgan fingerprint density at radius 3 is 2.37 bits per heavy atom. The summed E-state index contributed by atoms with van der Waals surface area (Å²) in [5, 5.41) is 8.72. The lowest BCUT2D eigenvalue weighted by atomic mass is 9.87. The smallest absolute Gasteiger partial charge is 0.303 e. The molecular weight excluding hydrogens is 446 g/mol. The van der Waals surface area contributed by atoms with Crippen LogP contribution in [0.15, 0.2) is 60.7 Å². The predicted molar refractivity (Wildman–Crippen MR) is 135 cm³/mol. The van der Waals surface area contributed by atoms with Gasteiger partial charge in [0.15, 0.2) is 11.6 Å². The molecule has 0 radical (unpaired) electrons. The van der Waals surface area contributed by atoms with Crippen molar-refractivity contribution in [1.29, 1.82) is 0 Å². The van der Waals surface area contributed by atoms with Crippen molar-refractivity contribution >= 4 is 5.97 Å². The Kier molecular flexibility index (Phi) is 9.83. The molecule has 0 bridgehead atoms. The number of carboxylic acid groups (broad SMARTS) is 1. The van der Waals surface area contributed by atoms with E-state index in [0.717, 1.165) is 35.8 Å². The van der Waals surface area contributed by atoms with Gasteiger partial charge in [0.25, 0.3) is 0 Å². The molecule has 35 heavy (non-hydrogen) atoms. The molecule has 0 aliphatic rings. The maximum Gasteiger partial charge on any atom is 0.303 e. The fraction of sp³-hybridized carbons (Fsp3) is 0.367. The van der Waals surface area contributed by atoms with Gasteiger partial charge in [-0.05, 0) is 104 Å². The molecule has 1 N–H and O–H groups in total. The van der Waals surface area contributed by atoms with Crippen LogP contribution in [0, 0.1) is 25.5 Å². The summed E-state index contributed by atoms with van der Waals surface area (Å²) >= 11 is 0. The van der Waals surface area contributed by atoms with Crippen molar-refractivity contribution in [2.75, 3.05) is 6.61 Å². The highest BCUT2D eigenvalue weighted by atomic mass is 19.2. The van der Waals surface area contributed by atoms with E-state index < -0.39 is 17.6 Å². The van der Waals surface area contributed by atoms with Gasteiger partial charge in [-0.2, -0.15) is 0 Å². The molecule has 0 aliphatic heterocycles. The lowest BCUT2D eigenvalue weighted by Gasteiger charge is -2.19. The monoisotopic (exact) mass is 480 g/mol. The SMILES string of the molecule is Cc1ccc(CC(CCCOc2ccc(CCCCC(=O)O)cc2)c2cccc(F)c2F)cc1C. The summed E-state index contributed by atoms with van der Waals surface area (Å²) in [5.74, 6) is -1.72. The Morgan fingerprint density at radius 1 is 0.914 bits per heavy atom. The fourth-order valence-corrected chi connectivity index (χ4v) is 4.30. The normalized spacial score (nSPS) is 11.9. The van der Waals surface area contributed by atoms with Crippen molar-refractivity contribution in [2.45, 2.75) is 64.7 Å². The minimum Gasteiger partial charge on any atom is -0.494 e. The van der Waals surface area contributed by atoms with Crippen LogP contribution in [0.5, 0.6) is 5.75 Å². The van der Waals surface area contributed by atoms with Crippen molar-refractivity contribution in [2.24, 2.45) is 0 Å². The van der Waals surface area contributed by atoms with Gasteiger partial charge in [0, 0.05) is 6.42 Å². The number of benzene rings is 3. The summed E-state index contributed by atoms with van der Waals surface area (Å²) < 4.78 is 34.5. The van der Waals surface area contributed by atoms with E-state index in [4.69, 9.17) is 9.84 Å². The number of halogens is 2. The van der Waals surface area contributed by atoms with Crippen molar-refractivity contribution in [3.63, 3.8) is 0 Å². The quantitative estimate of drug-likeness (QED) is 0.257. The molecule has 0 spiro atoms. The van der Waals surface area contributed by atoms with Gasteiger partial charge >= 0.3 is 5.97 Å². The predicted octanol–water partition coefficient (Wildman–Crippen LogP) is 7.56. The number of carbonyl (C=O) groups is 1. The highest BCUT2D eigenvalue weighted by Gasteiger charge is 2.19. The van der Waals surface area contributed by atoms with Crippen LogP contribution in [0.3, 0.4) is 0 Å². The molecule has 186 valence electrons. The Labute approximate surface area is 206 Å². The number of hydrogen-bond acceptors (Lipinski definition) is 2.